The van der Waals surface area contributed by atoms with Crippen molar-refractivity contribution in [2.45, 2.75) is 68.7 Å². The van der Waals surface area contributed by atoms with E-state index in [0.29, 0.717) is 5.82 Å². The van der Waals surface area contributed by atoms with E-state index < -0.39 is 0 Å². The van der Waals surface area contributed by atoms with Crippen molar-refractivity contribution in [1.29, 1.82) is 0 Å². The molecule has 7 heteroatoms. The number of benzene rings is 1. The van der Waals surface area contributed by atoms with Gasteiger partial charge in [0.15, 0.2) is 11.6 Å². The van der Waals surface area contributed by atoms with Crippen LogP contribution >= 0.6 is 0 Å². The molecule has 0 amide bonds. The predicted octanol–water partition coefficient (Wildman–Crippen LogP) is 8.01. The Hall–Kier alpha value is -3.45. The van der Waals surface area contributed by atoms with Crippen LogP contribution in [0.5, 0.6) is 0 Å². The Bertz CT molecular complexity index is 1050. The van der Waals surface area contributed by atoms with E-state index in [-0.39, 0.29) is 0 Å². The van der Waals surface area contributed by atoms with Crippen molar-refractivity contribution in [2.24, 2.45) is 0 Å². The molecule has 0 unspecified atom stereocenters. The molecule has 7 nitrogen and oxygen atoms in total. The Morgan fingerprint density at radius 3 is 2.00 bits per heavy atom. The molecule has 3 heterocycles. The maximum absolute atomic E-state index is 4.82. The third kappa shape index (κ3) is 12.8. The molecule has 2 aromatic heterocycles. The molecule has 0 atom stereocenters. The van der Waals surface area contributed by atoms with Gasteiger partial charge < -0.3 is 15.1 Å². The van der Waals surface area contributed by atoms with Crippen molar-refractivity contribution < 1.29 is 0 Å². The van der Waals surface area contributed by atoms with Crippen LogP contribution in [0.3, 0.4) is 0 Å². The summed E-state index contributed by atoms with van der Waals surface area (Å²) >= 11 is 0. The van der Waals surface area contributed by atoms with Crippen LogP contribution < -0.4 is 10.2 Å². The minimum Gasteiger partial charge on any atom is -0.354 e. The number of aromatic nitrogens is 4. The van der Waals surface area contributed by atoms with E-state index in [1.165, 1.54) is 5.56 Å². The molecule has 4 rings (SSSR count). The summed E-state index contributed by atoms with van der Waals surface area (Å²) in [5, 5.41) is 10.5. The second-order valence-corrected chi connectivity index (χ2v) is 7.89. The van der Waals surface area contributed by atoms with Crippen LogP contribution in [-0.2, 0) is 6.42 Å². The number of nitrogens with zero attached hydrogens (tertiary/aromatic N) is 5. The minimum absolute atomic E-state index is 0.668. The normalized spacial score (nSPS) is 12.4. The van der Waals surface area contributed by atoms with E-state index in [2.05, 4.69) is 63.2 Å². The lowest BCUT2D eigenvalue weighted by Crippen LogP contribution is -2.44. The highest BCUT2D eigenvalue weighted by atomic mass is 15.3. The smallest absolute Gasteiger partial charge is 0.156 e. The molecular formula is C32H53N7. The van der Waals surface area contributed by atoms with Gasteiger partial charge in [0, 0.05) is 44.0 Å². The van der Waals surface area contributed by atoms with Crippen LogP contribution in [0.15, 0.2) is 49.1 Å². The first-order valence-corrected chi connectivity index (χ1v) is 14.6. The molecule has 1 aliphatic rings. The second-order valence-electron chi connectivity index (χ2n) is 7.89. The summed E-state index contributed by atoms with van der Waals surface area (Å²) in [5.74, 6) is 3.07. The number of hydrogen-bond acceptors (Lipinski definition) is 6. The minimum atomic E-state index is 0.668. The molecule has 2 N–H and O–H groups in total. The highest BCUT2D eigenvalue weighted by Crippen LogP contribution is 2.21. The number of piperazine rings is 1. The zero-order chi connectivity index (χ0) is 29.6. The summed E-state index contributed by atoms with van der Waals surface area (Å²) in [6.07, 6.45) is 6.80. The Morgan fingerprint density at radius 2 is 1.46 bits per heavy atom. The molecule has 0 radical (unpaired) electrons. The van der Waals surface area contributed by atoms with Gasteiger partial charge in [-0.15, -0.1) is 6.58 Å². The van der Waals surface area contributed by atoms with Crippen molar-refractivity contribution >= 4 is 29.6 Å². The molecule has 3 aromatic rings. The fraction of sp³-hybridized carbons (Fsp3) is 0.469. The molecule has 1 aliphatic heterocycles. The molecule has 0 spiro atoms. The van der Waals surface area contributed by atoms with Crippen molar-refractivity contribution in [2.75, 3.05) is 43.4 Å². The lowest BCUT2D eigenvalue weighted by molar-refractivity contribution is 0.312. The molecule has 0 saturated carbocycles. The summed E-state index contributed by atoms with van der Waals surface area (Å²) in [7, 11) is 2.15. The average Bonchev–Trinajstić information content (AvgIpc) is 3.41. The maximum Gasteiger partial charge on any atom is 0.156 e. The molecule has 39 heavy (non-hydrogen) atoms. The van der Waals surface area contributed by atoms with Crippen LogP contribution in [0.4, 0.5) is 17.5 Å². The van der Waals surface area contributed by atoms with Gasteiger partial charge >= 0.3 is 0 Å². The van der Waals surface area contributed by atoms with Gasteiger partial charge in [-0.05, 0) is 37.6 Å². The van der Waals surface area contributed by atoms with Crippen LogP contribution in [-0.4, -0.2) is 58.3 Å². The van der Waals surface area contributed by atoms with Gasteiger partial charge in [-0.2, -0.15) is 5.10 Å². The number of H-pyrrole nitrogens is 1. The Kier molecular flexibility index (Phi) is 19.6. The Labute approximate surface area is 238 Å². The molecule has 0 bridgehead atoms. The van der Waals surface area contributed by atoms with Gasteiger partial charge in [0.25, 0.3) is 0 Å². The average molecular weight is 536 g/mol. The van der Waals surface area contributed by atoms with Crippen LogP contribution in [0.2, 0.25) is 0 Å². The standard InChI is InChI=1S/C24H29N7.4C2H6/c1-4-5-19-6-8-20(9-7-19)10-11-21-25-22(26-23-16-18(2)28-29-23)17-24(27-21)31-14-12-30(3)13-15-31;4*1-2/h4,6-11,16-17H,1,5,12-15H2,2-3H3,(H2,25,26,27,28,29);4*1-2H3/b11-10+;;;;. The van der Waals surface area contributed by atoms with Gasteiger partial charge in [-0.25, -0.2) is 9.97 Å². The van der Waals surface area contributed by atoms with E-state index in [1.807, 2.05) is 92.7 Å². The number of nitrogens with one attached hydrogen (secondary N) is 2. The summed E-state index contributed by atoms with van der Waals surface area (Å²) in [5.41, 5.74) is 3.36. The molecule has 1 fully saturated rings. The van der Waals surface area contributed by atoms with Crippen molar-refractivity contribution in [1.82, 2.24) is 25.1 Å². The molecule has 216 valence electrons. The SMILES string of the molecule is C=CCc1ccc(/C=C/c2nc(Nc3cc(C)[nH]n3)cc(N3CCN(C)CC3)n2)cc1.CC.CC.CC.CC. The van der Waals surface area contributed by atoms with E-state index in [9.17, 15) is 0 Å². The summed E-state index contributed by atoms with van der Waals surface area (Å²) < 4.78 is 0. The fourth-order valence-corrected chi connectivity index (χ4v) is 3.50. The topological polar surface area (TPSA) is 73.0 Å². The van der Waals surface area contributed by atoms with Gasteiger partial charge in [0.2, 0.25) is 0 Å². The van der Waals surface area contributed by atoms with Crippen LogP contribution in [0.25, 0.3) is 12.2 Å². The maximum atomic E-state index is 4.82. The van der Waals surface area contributed by atoms with E-state index >= 15 is 0 Å². The van der Waals surface area contributed by atoms with Gasteiger partial charge in [0.1, 0.15) is 11.6 Å². The van der Waals surface area contributed by atoms with Crippen molar-refractivity contribution in [3.8, 4) is 0 Å². The molecule has 0 aliphatic carbocycles. The number of likely N-dealkylation sites (N-methyl/N-ethyl adjacent to an activating group) is 1. The second kappa shape index (κ2) is 21.5. The van der Waals surface area contributed by atoms with Gasteiger partial charge in [-0.3, -0.25) is 5.10 Å². The van der Waals surface area contributed by atoms with Crippen LogP contribution in [0, 0.1) is 6.92 Å². The monoisotopic (exact) mass is 535 g/mol. The molecule has 1 saturated heterocycles. The zero-order valence-corrected chi connectivity index (χ0v) is 26.2. The molecule has 1 aromatic carbocycles. The van der Waals surface area contributed by atoms with Gasteiger partial charge in [0.05, 0.1) is 0 Å². The van der Waals surface area contributed by atoms with Gasteiger partial charge in [-0.1, -0.05) is 91.8 Å². The third-order valence-electron chi connectivity index (χ3n) is 5.30. The molecular weight excluding hydrogens is 482 g/mol. The van der Waals surface area contributed by atoms with E-state index in [4.69, 9.17) is 9.97 Å². The number of aryl methyl sites for hydroxylation is 1. The Morgan fingerprint density at radius 1 is 0.846 bits per heavy atom. The summed E-state index contributed by atoms with van der Waals surface area (Å²) in [6.45, 7) is 25.7. The largest absolute Gasteiger partial charge is 0.354 e. The lowest BCUT2D eigenvalue weighted by atomic mass is 10.1. The first kappa shape index (κ1) is 35.5. The lowest BCUT2D eigenvalue weighted by Gasteiger charge is -2.33. The summed E-state index contributed by atoms with van der Waals surface area (Å²) in [6, 6.07) is 12.4. The van der Waals surface area contributed by atoms with E-state index in [1.54, 1.807) is 0 Å². The number of aromatic amines is 1. The number of allylic oxidation sites excluding steroid dienone is 1. The quantitative estimate of drug-likeness (QED) is 0.299. The third-order valence-corrected chi connectivity index (χ3v) is 5.30. The number of rotatable bonds is 7. The first-order valence-electron chi connectivity index (χ1n) is 14.6. The zero-order valence-electron chi connectivity index (χ0n) is 26.2. The number of anilines is 3. The van der Waals surface area contributed by atoms with Crippen LogP contribution in [0.1, 0.15) is 78.0 Å². The summed E-state index contributed by atoms with van der Waals surface area (Å²) in [4.78, 5) is 14.2. The Balaban J connectivity index is 0.00000166. The number of hydrogen-bond donors (Lipinski definition) is 2. The first-order chi connectivity index (χ1) is 19.1. The van der Waals surface area contributed by atoms with Crippen molar-refractivity contribution in [3.05, 3.63) is 71.7 Å². The fourth-order valence-electron chi connectivity index (χ4n) is 3.50. The van der Waals surface area contributed by atoms with Crippen molar-refractivity contribution in [3.63, 3.8) is 0 Å². The highest BCUT2D eigenvalue weighted by molar-refractivity contribution is 5.69. The predicted molar refractivity (Wildman–Crippen MR) is 173 cm³/mol. The highest BCUT2D eigenvalue weighted by Gasteiger charge is 2.17. The van der Waals surface area contributed by atoms with E-state index in [0.717, 1.165) is 61.3 Å².